The second-order valence-electron chi connectivity index (χ2n) is 6.52. The second-order valence-corrected chi connectivity index (χ2v) is 6.52. The Kier molecular flexibility index (Phi) is 5.26. The van der Waals surface area contributed by atoms with Crippen molar-refractivity contribution in [2.24, 2.45) is 5.92 Å². The van der Waals surface area contributed by atoms with E-state index in [0.717, 1.165) is 18.5 Å². The molecule has 1 unspecified atom stereocenters. The zero-order valence-electron chi connectivity index (χ0n) is 11.8. The van der Waals surface area contributed by atoms with E-state index >= 15 is 0 Å². The van der Waals surface area contributed by atoms with Crippen LogP contribution in [0.1, 0.15) is 53.9 Å². The number of nitrogens with zero attached hydrogens (tertiary/aromatic N) is 1. The molecule has 0 spiro atoms. The van der Waals surface area contributed by atoms with Gasteiger partial charge in [-0.1, -0.05) is 13.8 Å². The first kappa shape index (κ1) is 14.0. The van der Waals surface area contributed by atoms with Gasteiger partial charge in [-0.2, -0.15) is 0 Å². The molecule has 1 aliphatic heterocycles. The maximum Gasteiger partial charge on any atom is 0.0119 e. The largest absolute Gasteiger partial charge is 0.312 e. The Morgan fingerprint density at radius 3 is 2.56 bits per heavy atom. The lowest BCUT2D eigenvalue weighted by Gasteiger charge is -2.28. The van der Waals surface area contributed by atoms with Crippen molar-refractivity contribution in [2.75, 3.05) is 19.6 Å². The van der Waals surface area contributed by atoms with E-state index in [9.17, 15) is 0 Å². The first-order valence-electron chi connectivity index (χ1n) is 6.89. The highest BCUT2D eigenvalue weighted by Gasteiger charge is 2.26. The summed E-state index contributed by atoms with van der Waals surface area (Å²) in [5.74, 6) is 0.818. The summed E-state index contributed by atoms with van der Waals surface area (Å²) in [5.41, 5.74) is 0.266. The lowest BCUT2D eigenvalue weighted by Crippen LogP contribution is -2.39. The minimum Gasteiger partial charge on any atom is -0.312 e. The Morgan fingerprint density at radius 1 is 1.31 bits per heavy atom. The van der Waals surface area contributed by atoms with Crippen LogP contribution in [0.2, 0.25) is 0 Å². The van der Waals surface area contributed by atoms with Crippen LogP contribution >= 0.6 is 0 Å². The van der Waals surface area contributed by atoms with Crippen LogP contribution in [0.4, 0.5) is 0 Å². The quantitative estimate of drug-likeness (QED) is 0.725. The third kappa shape index (κ3) is 4.84. The Balaban J connectivity index is 2.17. The smallest absolute Gasteiger partial charge is 0.0119 e. The third-order valence-electron chi connectivity index (χ3n) is 3.46. The third-order valence-corrected chi connectivity index (χ3v) is 3.46. The van der Waals surface area contributed by atoms with E-state index < -0.39 is 0 Å². The van der Waals surface area contributed by atoms with Gasteiger partial charge in [-0.3, -0.25) is 0 Å². The first-order valence-corrected chi connectivity index (χ1v) is 6.89. The van der Waals surface area contributed by atoms with Gasteiger partial charge in [-0.05, 0) is 65.6 Å². The van der Waals surface area contributed by atoms with Gasteiger partial charge in [0.05, 0.1) is 0 Å². The zero-order chi connectivity index (χ0) is 12.2. The molecule has 16 heavy (non-hydrogen) atoms. The molecule has 0 aromatic carbocycles. The molecule has 0 saturated carbocycles. The molecule has 2 heteroatoms. The summed E-state index contributed by atoms with van der Waals surface area (Å²) in [6.07, 6.45) is 4.08. The minimum atomic E-state index is 0.266. The van der Waals surface area contributed by atoms with Gasteiger partial charge in [0.15, 0.2) is 0 Å². The van der Waals surface area contributed by atoms with Crippen molar-refractivity contribution in [1.29, 1.82) is 0 Å². The highest BCUT2D eigenvalue weighted by molar-refractivity contribution is 4.81. The lowest BCUT2D eigenvalue weighted by molar-refractivity contribution is 0.202. The fourth-order valence-electron chi connectivity index (χ4n) is 2.63. The second kappa shape index (κ2) is 6.02. The van der Waals surface area contributed by atoms with E-state index in [-0.39, 0.29) is 5.54 Å². The first-order chi connectivity index (χ1) is 7.40. The van der Waals surface area contributed by atoms with Crippen molar-refractivity contribution in [1.82, 2.24) is 10.2 Å². The van der Waals surface area contributed by atoms with Gasteiger partial charge in [0.25, 0.3) is 0 Å². The van der Waals surface area contributed by atoms with E-state index in [1.165, 1.54) is 32.4 Å². The van der Waals surface area contributed by atoms with E-state index in [0.29, 0.717) is 0 Å². The van der Waals surface area contributed by atoms with Gasteiger partial charge < -0.3 is 10.2 Å². The molecule has 0 aromatic heterocycles. The van der Waals surface area contributed by atoms with Crippen LogP contribution in [-0.4, -0.2) is 36.1 Å². The Labute approximate surface area is 102 Å². The molecule has 1 saturated heterocycles. The van der Waals surface area contributed by atoms with E-state index in [2.05, 4.69) is 44.8 Å². The van der Waals surface area contributed by atoms with Crippen LogP contribution < -0.4 is 5.32 Å². The predicted molar refractivity (Wildman–Crippen MR) is 71.8 cm³/mol. The predicted octanol–water partition coefficient (Wildman–Crippen LogP) is 2.89. The summed E-state index contributed by atoms with van der Waals surface area (Å²) in [6.45, 7) is 15.2. The molecule has 1 N–H and O–H groups in total. The molecule has 0 aliphatic carbocycles. The lowest BCUT2D eigenvalue weighted by atomic mass is 10.0. The van der Waals surface area contributed by atoms with Crippen LogP contribution in [0.15, 0.2) is 0 Å². The molecule has 0 amide bonds. The average molecular weight is 226 g/mol. The van der Waals surface area contributed by atoms with Gasteiger partial charge in [-0.25, -0.2) is 0 Å². The molecular formula is C14H30N2. The molecule has 1 heterocycles. The summed E-state index contributed by atoms with van der Waals surface area (Å²) in [5, 5.41) is 3.56. The van der Waals surface area contributed by atoms with Crippen molar-refractivity contribution >= 4 is 0 Å². The number of hydrogen-bond acceptors (Lipinski definition) is 2. The highest BCUT2D eigenvalue weighted by Crippen LogP contribution is 2.23. The molecule has 0 bridgehead atoms. The van der Waals surface area contributed by atoms with Crippen LogP contribution in [-0.2, 0) is 0 Å². The van der Waals surface area contributed by atoms with Crippen molar-refractivity contribution in [2.45, 2.75) is 65.5 Å². The van der Waals surface area contributed by atoms with E-state index in [1.807, 2.05) is 0 Å². The van der Waals surface area contributed by atoms with Crippen molar-refractivity contribution in [3.8, 4) is 0 Å². The molecule has 0 aromatic rings. The topological polar surface area (TPSA) is 15.3 Å². The fourth-order valence-corrected chi connectivity index (χ4v) is 2.63. The summed E-state index contributed by atoms with van der Waals surface area (Å²) in [6, 6.07) is 0.842. The van der Waals surface area contributed by atoms with Gasteiger partial charge in [0, 0.05) is 11.6 Å². The summed E-state index contributed by atoms with van der Waals surface area (Å²) in [4.78, 5) is 2.69. The summed E-state index contributed by atoms with van der Waals surface area (Å²) < 4.78 is 0. The maximum atomic E-state index is 3.56. The highest BCUT2D eigenvalue weighted by atomic mass is 15.2. The molecule has 96 valence electrons. The summed E-state index contributed by atoms with van der Waals surface area (Å²) >= 11 is 0. The number of likely N-dealkylation sites (tertiary alicyclic amines) is 1. The molecule has 1 aliphatic rings. The standard InChI is InChI=1S/C14H30N2/c1-12(2)13-8-6-10-16(13)11-7-9-15-14(3,4)5/h12-13,15H,6-11H2,1-5H3. The van der Waals surface area contributed by atoms with Gasteiger partial charge >= 0.3 is 0 Å². The van der Waals surface area contributed by atoms with Crippen LogP contribution in [0.3, 0.4) is 0 Å². The Bertz CT molecular complexity index is 193. The average Bonchev–Trinajstić information content (AvgIpc) is 2.58. The van der Waals surface area contributed by atoms with E-state index in [4.69, 9.17) is 0 Å². The molecule has 1 fully saturated rings. The number of rotatable bonds is 5. The Morgan fingerprint density at radius 2 is 2.00 bits per heavy atom. The van der Waals surface area contributed by atoms with E-state index in [1.54, 1.807) is 0 Å². The number of nitrogens with one attached hydrogen (secondary N) is 1. The SMILES string of the molecule is CC(C)C1CCCN1CCCNC(C)(C)C. The normalized spacial score (nSPS) is 23.2. The van der Waals surface area contributed by atoms with Gasteiger partial charge in [0.1, 0.15) is 0 Å². The molecule has 1 atom stereocenters. The molecule has 1 rings (SSSR count). The van der Waals surface area contributed by atoms with Crippen LogP contribution in [0.5, 0.6) is 0 Å². The monoisotopic (exact) mass is 226 g/mol. The van der Waals surface area contributed by atoms with Crippen LogP contribution in [0.25, 0.3) is 0 Å². The minimum absolute atomic E-state index is 0.266. The van der Waals surface area contributed by atoms with Crippen molar-refractivity contribution in [3.63, 3.8) is 0 Å². The fraction of sp³-hybridized carbons (Fsp3) is 1.00. The van der Waals surface area contributed by atoms with Crippen molar-refractivity contribution in [3.05, 3.63) is 0 Å². The molecule has 0 radical (unpaired) electrons. The van der Waals surface area contributed by atoms with Gasteiger partial charge in [-0.15, -0.1) is 0 Å². The number of hydrogen-bond donors (Lipinski definition) is 1. The van der Waals surface area contributed by atoms with Crippen LogP contribution in [0, 0.1) is 5.92 Å². The zero-order valence-corrected chi connectivity index (χ0v) is 11.8. The summed E-state index contributed by atoms with van der Waals surface area (Å²) in [7, 11) is 0. The molecule has 2 nitrogen and oxygen atoms in total. The molecular weight excluding hydrogens is 196 g/mol. The maximum absolute atomic E-state index is 3.56. The van der Waals surface area contributed by atoms with Gasteiger partial charge in [0.2, 0.25) is 0 Å². The van der Waals surface area contributed by atoms with Crippen molar-refractivity contribution < 1.29 is 0 Å². The Hall–Kier alpha value is -0.0800.